The summed E-state index contributed by atoms with van der Waals surface area (Å²) in [6, 6.07) is 7.34. The normalized spacial score (nSPS) is 14.3. The van der Waals surface area contributed by atoms with Crippen molar-refractivity contribution in [2.24, 2.45) is 0 Å². The zero-order valence-electron chi connectivity index (χ0n) is 14.4. The van der Waals surface area contributed by atoms with Gasteiger partial charge in [0.15, 0.2) is 5.65 Å². The molecule has 26 heavy (non-hydrogen) atoms. The van der Waals surface area contributed by atoms with Gasteiger partial charge in [-0.1, -0.05) is 6.07 Å². The Labute approximate surface area is 150 Å². The van der Waals surface area contributed by atoms with Crippen LogP contribution in [0.5, 0.6) is 5.75 Å². The fourth-order valence-electron chi connectivity index (χ4n) is 2.87. The maximum atomic E-state index is 12.1. The first-order chi connectivity index (χ1) is 12.8. The van der Waals surface area contributed by atoms with Crippen LogP contribution in [0.4, 0.5) is 5.82 Å². The topological polar surface area (TPSA) is 89.8 Å². The maximum absolute atomic E-state index is 12.1. The quantitative estimate of drug-likeness (QED) is 0.690. The summed E-state index contributed by atoms with van der Waals surface area (Å²) in [5, 5.41) is 10.2. The Hall–Kier alpha value is -3.13. The van der Waals surface area contributed by atoms with E-state index < -0.39 is 0 Å². The summed E-state index contributed by atoms with van der Waals surface area (Å²) in [7, 11) is 1.60. The number of nitrogens with one attached hydrogen (secondary N) is 2. The summed E-state index contributed by atoms with van der Waals surface area (Å²) >= 11 is 0. The van der Waals surface area contributed by atoms with Gasteiger partial charge in [-0.25, -0.2) is 9.50 Å². The molecule has 1 amide bonds. The molecule has 1 aliphatic heterocycles. The third kappa shape index (κ3) is 3.06. The van der Waals surface area contributed by atoms with Crippen molar-refractivity contribution in [2.75, 3.05) is 38.7 Å². The smallest absolute Gasteiger partial charge is 0.254 e. The van der Waals surface area contributed by atoms with Crippen LogP contribution in [0.3, 0.4) is 0 Å². The van der Waals surface area contributed by atoms with E-state index in [1.165, 1.54) is 0 Å². The van der Waals surface area contributed by atoms with Crippen molar-refractivity contribution in [3.63, 3.8) is 0 Å². The van der Waals surface area contributed by atoms with Gasteiger partial charge in [-0.15, -0.1) is 0 Å². The van der Waals surface area contributed by atoms with Crippen molar-refractivity contribution in [1.82, 2.24) is 19.9 Å². The molecule has 3 aromatic rings. The number of ether oxygens (including phenoxy) is 2. The fraction of sp³-hybridized carbons (Fsp3) is 0.278. The van der Waals surface area contributed by atoms with Crippen LogP contribution in [-0.2, 0) is 4.74 Å². The summed E-state index contributed by atoms with van der Waals surface area (Å²) in [6.45, 7) is 1.97. The van der Waals surface area contributed by atoms with Gasteiger partial charge in [0.1, 0.15) is 18.2 Å². The van der Waals surface area contributed by atoms with E-state index >= 15 is 0 Å². The molecule has 0 radical (unpaired) electrons. The van der Waals surface area contributed by atoms with E-state index in [1.54, 1.807) is 23.8 Å². The van der Waals surface area contributed by atoms with Gasteiger partial charge in [0, 0.05) is 25.4 Å². The fourth-order valence-corrected chi connectivity index (χ4v) is 2.87. The molecule has 8 nitrogen and oxygen atoms in total. The van der Waals surface area contributed by atoms with Crippen molar-refractivity contribution in [3.8, 4) is 16.9 Å². The highest BCUT2D eigenvalue weighted by Gasteiger charge is 2.16. The van der Waals surface area contributed by atoms with Crippen LogP contribution < -0.4 is 15.4 Å². The molecular weight excluding hydrogens is 334 g/mol. The van der Waals surface area contributed by atoms with E-state index in [4.69, 9.17) is 9.47 Å². The molecular formula is C18H19N5O3. The Balaban J connectivity index is 1.85. The Morgan fingerprint density at radius 3 is 3.08 bits per heavy atom. The molecule has 2 N–H and O–H groups in total. The Kier molecular flexibility index (Phi) is 4.40. The van der Waals surface area contributed by atoms with Gasteiger partial charge >= 0.3 is 0 Å². The van der Waals surface area contributed by atoms with Gasteiger partial charge in [-0.05, 0) is 23.8 Å². The van der Waals surface area contributed by atoms with Crippen molar-refractivity contribution in [3.05, 3.63) is 42.2 Å². The highest BCUT2D eigenvalue weighted by Crippen LogP contribution is 2.30. The maximum Gasteiger partial charge on any atom is 0.254 e. The summed E-state index contributed by atoms with van der Waals surface area (Å²) in [5.41, 5.74) is 2.96. The van der Waals surface area contributed by atoms with Gasteiger partial charge in [0.05, 0.1) is 25.0 Å². The number of amides is 1. The second-order valence-electron chi connectivity index (χ2n) is 5.82. The minimum atomic E-state index is -0.196. The summed E-state index contributed by atoms with van der Waals surface area (Å²) in [6.07, 6.45) is 3.62. The average Bonchev–Trinajstić information content (AvgIpc) is 3.09. The third-order valence-corrected chi connectivity index (χ3v) is 4.17. The van der Waals surface area contributed by atoms with Crippen molar-refractivity contribution in [1.29, 1.82) is 0 Å². The minimum absolute atomic E-state index is 0.196. The summed E-state index contributed by atoms with van der Waals surface area (Å²) < 4.78 is 13.1. The molecule has 0 saturated heterocycles. The molecule has 1 aromatic carbocycles. The second-order valence-corrected chi connectivity index (χ2v) is 5.82. The molecule has 0 saturated carbocycles. The standard InChI is InChI=1S/C18H19N5O3/c1-19-18(24)13-3-2-12-10-15(13)26-9-8-25-7-5-20-16-4-6-23-17(22-16)14(12)11-21-23/h2-4,6,10-11H,5,7-9H2,1H3,(H,19,24)(H,20,22). The predicted octanol–water partition coefficient (Wildman–Crippen LogP) is 1.58. The van der Waals surface area contributed by atoms with Gasteiger partial charge in [-0.2, -0.15) is 5.10 Å². The molecule has 2 aromatic heterocycles. The van der Waals surface area contributed by atoms with Crippen LogP contribution in [0.15, 0.2) is 36.7 Å². The van der Waals surface area contributed by atoms with Crippen molar-refractivity contribution in [2.45, 2.75) is 0 Å². The molecule has 1 aliphatic rings. The molecule has 0 atom stereocenters. The first-order valence-corrected chi connectivity index (χ1v) is 8.41. The molecule has 0 fully saturated rings. The predicted molar refractivity (Wildman–Crippen MR) is 96.6 cm³/mol. The van der Waals surface area contributed by atoms with E-state index in [9.17, 15) is 4.79 Å². The number of carbonyl (C=O) groups excluding carboxylic acids is 1. The Bertz CT molecular complexity index is 953. The van der Waals surface area contributed by atoms with E-state index in [1.807, 2.05) is 24.4 Å². The lowest BCUT2D eigenvalue weighted by Gasteiger charge is -2.14. The van der Waals surface area contributed by atoms with E-state index in [0.29, 0.717) is 37.7 Å². The molecule has 0 spiro atoms. The van der Waals surface area contributed by atoms with Crippen LogP contribution in [0.2, 0.25) is 0 Å². The number of carbonyl (C=O) groups is 1. The monoisotopic (exact) mass is 353 g/mol. The van der Waals surface area contributed by atoms with Crippen LogP contribution >= 0.6 is 0 Å². The van der Waals surface area contributed by atoms with Crippen LogP contribution in [-0.4, -0.2) is 53.9 Å². The lowest BCUT2D eigenvalue weighted by atomic mass is 10.0. The van der Waals surface area contributed by atoms with Crippen LogP contribution in [0.25, 0.3) is 16.8 Å². The first kappa shape index (κ1) is 16.3. The molecule has 0 unspecified atom stereocenters. The number of fused-ring (bicyclic) bond motifs is 4. The number of hydrogen-bond acceptors (Lipinski definition) is 6. The van der Waals surface area contributed by atoms with Crippen LogP contribution in [0.1, 0.15) is 10.4 Å². The molecule has 4 bridgehead atoms. The molecule has 134 valence electrons. The molecule has 0 aliphatic carbocycles. The van der Waals surface area contributed by atoms with Crippen molar-refractivity contribution >= 4 is 17.4 Å². The molecule has 8 heteroatoms. The van der Waals surface area contributed by atoms with E-state index in [0.717, 1.165) is 22.6 Å². The lowest BCUT2D eigenvalue weighted by molar-refractivity contribution is 0.0943. The Morgan fingerprint density at radius 1 is 1.27 bits per heavy atom. The largest absolute Gasteiger partial charge is 0.490 e. The van der Waals surface area contributed by atoms with Gasteiger partial charge in [0.25, 0.3) is 5.91 Å². The van der Waals surface area contributed by atoms with E-state index in [2.05, 4.69) is 20.7 Å². The van der Waals surface area contributed by atoms with E-state index in [-0.39, 0.29) is 5.91 Å². The van der Waals surface area contributed by atoms with Gasteiger partial charge in [0.2, 0.25) is 0 Å². The zero-order chi connectivity index (χ0) is 17.9. The lowest BCUT2D eigenvalue weighted by Crippen LogP contribution is -2.20. The third-order valence-electron chi connectivity index (χ3n) is 4.17. The van der Waals surface area contributed by atoms with Gasteiger partial charge in [-0.3, -0.25) is 4.79 Å². The average molecular weight is 353 g/mol. The number of anilines is 1. The Morgan fingerprint density at radius 2 is 2.19 bits per heavy atom. The highest BCUT2D eigenvalue weighted by molar-refractivity contribution is 5.97. The second kappa shape index (κ2) is 7.01. The van der Waals surface area contributed by atoms with Gasteiger partial charge < -0.3 is 20.1 Å². The number of nitrogens with zero attached hydrogens (tertiary/aromatic N) is 3. The number of rotatable bonds is 1. The summed E-state index contributed by atoms with van der Waals surface area (Å²) in [5.74, 6) is 1.08. The highest BCUT2D eigenvalue weighted by atomic mass is 16.5. The van der Waals surface area contributed by atoms with Crippen molar-refractivity contribution < 1.29 is 14.3 Å². The SMILES string of the molecule is CNC(=O)c1ccc2cc1OCCOCCNc1ccn3ncc-2c3n1. The minimum Gasteiger partial charge on any atom is -0.490 e. The number of benzene rings is 1. The molecule has 3 heterocycles. The summed E-state index contributed by atoms with van der Waals surface area (Å²) in [4.78, 5) is 16.8. The first-order valence-electron chi connectivity index (χ1n) is 8.41. The molecule has 4 rings (SSSR count). The zero-order valence-corrected chi connectivity index (χ0v) is 14.4. The number of aromatic nitrogens is 3. The van der Waals surface area contributed by atoms with Crippen LogP contribution in [0, 0.1) is 0 Å². The number of hydrogen-bond donors (Lipinski definition) is 2.